The lowest BCUT2D eigenvalue weighted by molar-refractivity contribution is 0.0947. The Morgan fingerprint density at radius 3 is 2.54 bits per heavy atom. The summed E-state index contributed by atoms with van der Waals surface area (Å²) in [5.41, 5.74) is 2.11. The third kappa shape index (κ3) is 3.68. The largest absolute Gasteiger partial charge is 0.350 e. The van der Waals surface area contributed by atoms with Crippen molar-refractivity contribution in [3.63, 3.8) is 0 Å². The fourth-order valence-electron chi connectivity index (χ4n) is 2.66. The lowest BCUT2D eigenvalue weighted by atomic mass is 10.1. The van der Waals surface area contributed by atoms with Gasteiger partial charge in [-0.15, -0.1) is 16.4 Å². The molecular formula is C21H15N5OS. The van der Waals surface area contributed by atoms with Gasteiger partial charge in [-0.1, -0.05) is 36.4 Å². The Hall–Kier alpha value is -3.76. The van der Waals surface area contributed by atoms with Crippen molar-refractivity contribution in [1.29, 1.82) is 5.26 Å². The van der Waals surface area contributed by atoms with Crippen LogP contribution < -0.4 is 5.32 Å². The van der Waals surface area contributed by atoms with Crippen LogP contribution in [-0.4, -0.2) is 20.7 Å². The summed E-state index contributed by atoms with van der Waals surface area (Å²) in [6.07, 6.45) is 0. The minimum atomic E-state index is -0.252. The van der Waals surface area contributed by atoms with Crippen molar-refractivity contribution >= 4 is 23.2 Å². The van der Waals surface area contributed by atoms with Gasteiger partial charge in [0.25, 0.3) is 5.91 Å². The molecule has 28 heavy (non-hydrogen) atoms. The lowest BCUT2D eigenvalue weighted by Crippen LogP contribution is -2.17. The fraction of sp³-hybridized carbons (Fsp3) is 0.0476. The van der Waals surface area contributed by atoms with Crippen molar-refractivity contribution in [1.82, 2.24) is 14.8 Å². The van der Waals surface area contributed by atoms with Gasteiger partial charge in [0.05, 0.1) is 16.5 Å². The van der Waals surface area contributed by atoms with Gasteiger partial charge in [-0.3, -0.25) is 4.79 Å². The first-order valence-corrected chi connectivity index (χ1v) is 9.46. The van der Waals surface area contributed by atoms with E-state index in [1.54, 1.807) is 24.3 Å². The first-order valence-electron chi connectivity index (χ1n) is 8.58. The van der Waals surface area contributed by atoms with E-state index in [9.17, 15) is 4.79 Å². The summed E-state index contributed by atoms with van der Waals surface area (Å²) in [5.74, 6) is 0.626. The van der Waals surface area contributed by atoms with Crippen molar-refractivity contribution < 1.29 is 4.79 Å². The Morgan fingerprint density at radius 1 is 1.07 bits per heavy atom. The highest BCUT2D eigenvalue weighted by Gasteiger charge is 2.19. The van der Waals surface area contributed by atoms with E-state index in [2.05, 4.69) is 21.5 Å². The smallest absolute Gasteiger partial charge is 0.281 e. The Kier molecular flexibility index (Phi) is 4.95. The number of anilines is 1. The molecule has 0 unspecified atom stereocenters. The van der Waals surface area contributed by atoms with Crippen molar-refractivity contribution in [3.8, 4) is 16.8 Å². The molecule has 0 atom stereocenters. The van der Waals surface area contributed by atoms with Crippen molar-refractivity contribution in [3.05, 3.63) is 88.8 Å². The molecule has 6 nitrogen and oxygen atoms in total. The molecule has 0 saturated carbocycles. The van der Waals surface area contributed by atoms with Crippen LogP contribution >= 0.6 is 11.3 Å². The van der Waals surface area contributed by atoms with E-state index >= 15 is 0 Å². The van der Waals surface area contributed by atoms with E-state index in [-0.39, 0.29) is 5.91 Å². The molecule has 0 aliphatic heterocycles. The summed E-state index contributed by atoms with van der Waals surface area (Å²) in [4.78, 5) is 18.3. The number of carbonyl (C=O) groups is 1. The first kappa shape index (κ1) is 17.6. The number of hydrogen-bond donors (Lipinski definition) is 1. The van der Waals surface area contributed by atoms with Crippen LogP contribution in [0, 0.1) is 11.3 Å². The van der Waals surface area contributed by atoms with E-state index in [0.717, 1.165) is 10.4 Å². The number of nitrogens with zero attached hydrogens (tertiary/aromatic N) is 4. The normalized spacial score (nSPS) is 10.4. The summed E-state index contributed by atoms with van der Waals surface area (Å²) in [7, 11) is 0. The molecule has 136 valence electrons. The third-order valence-electron chi connectivity index (χ3n) is 4.10. The highest BCUT2D eigenvalue weighted by Crippen LogP contribution is 2.23. The van der Waals surface area contributed by atoms with E-state index in [4.69, 9.17) is 5.26 Å². The van der Waals surface area contributed by atoms with Gasteiger partial charge < -0.3 is 5.32 Å². The van der Waals surface area contributed by atoms with Gasteiger partial charge in [0.2, 0.25) is 5.95 Å². The monoisotopic (exact) mass is 385 g/mol. The molecule has 4 aromatic rings. The fourth-order valence-corrected chi connectivity index (χ4v) is 3.31. The standard InChI is InChI=1S/C21H15N5OS/c22-13-15-8-10-16(11-9-15)14-23-21-24-19(18-7-4-12-28-18)25-26(21)20(27)17-5-2-1-3-6-17/h1-12H,14H2,(H,23,24,25). The van der Waals surface area contributed by atoms with Gasteiger partial charge in [-0.25, -0.2) is 0 Å². The second-order valence-corrected chi connectivity index (χ2v) is 6.93. The predicted octanol–water partition coefficient (Wildman–Crippen LogP) is 4.18. The van der Waals surface area contributed by atoms with E-state index in [1.165, 1.54) is 16.0 Å². The SMILES string of the molecule is N#Cc1ccc(CNc2nc(-c3cccs3)nn2C(=O)c2ccccc2)cc1. The van der Waals surface area contributed by atoms with Gasteiger partial charge in [0.15, 0.2) is 5.82 Å². The van der Waals surface area contributed by atoms with Crippen LogP contribution in [0.25, 0.3) is 10.7 Å². The Labute approximate surface area is 165 Å². The number of nitriles is 1. The first-order chi connectivity index (χ1) is 13.7. The number of benzene rings is 2. The van der Waals surface area contributed by atoms with Gasteiger partial charge >= 0.3 is 0 Å². The summed E-state index contributed by atoms with van der Waals surface area (Å²) >= 11 is 1.52. The number of aromatic nitrogens is 3. The van der Waals surface area contributed by atoms with Crippen LogP contribution in [0.4, 0.5) is 5.95 Å². The van der Waals surface area contributed by atoms with Crippen LogP contribution in [0.1, 0.15) is 21.5 Å². The quantitative estimate of drug-likeness (QED) is 0.557. The highest BCUT2D eigenvalue weighted by molar-refractivity contribution is 7.13. The van der Waals surface area contributed by atoms with Gasteiger partial charge in [0, 0.05) is 12.1 Å². The number of hydrogen-bond acceptors (Lipinski definition) is 6. The molecule has 1 N–H and O–H groups in total. The lowest BCUT2D eigenvalue weighted by Gasteiger charge is -2.07. The molecule has 0 aliphatic rings. The Balaban J connectivity index is 1.64. The van der Waals surface area contributed by atoms with Crippen LogP contribution in [0.3, 0.4) is 0 Å². The average molecular weight is 385 g/mol. The molecule has 2 aromatic heterocycles. The average Bonchev–Trinajstić information content (AvgIpc) is 3.42. The molecule has 0 aliphatic carbocycles. The van der Waals surface area contributed by atoms with E-state index in [1.807, 2.05) is 47.8 Å². The summed E-state index contributed by atoms with van der Waals surface area (Å²) in [6.45, 7) is 0.455. The number of rotatable bonds is 5. The molecule has 4 rings (SSSR count). The van der Waals surface area contributed by atoms with Crippen molar-refractivity contribution in [2.75, 3.05) is 5.32 Å². The van der Waals surface area contributed by atoms with Crippen LogP contribution in [-0.2, 0) is 6.54 Å². The molecule has 2 heterocycles. The molecule has 0 radical (unpaired) electrons. The molecule has 0 bridgehead atoms. The Bertz CT molecular complexity index is 1130. The van der Waals surface area contributed by atoms with Crippen LogP contribution in [0.5, 0.6) is 0 Å². The van der Waals surface area contributed by atoms with Crippen LogP contribution in [0.2, 0.25) is 0 Å². The number of thiophene rings is 1. The topological polar surface area (TPSA) is 83.6 Å². The summed E-state index contributed by atoms with van der Waals surface area (Å²) in [5, 5.41) is 18.5. The van der Waals surface area contributed by atoms with Gasteiger partial charge in [0.1, 0.15) is 0 Å². The van der Waals surface area contributed by atoms with Crippen molar-refractivity contribution in [2.24, 2.45) is 0 Å². The Morgan fingerprint density at radius 2 is 1.86 bits per heavy atom. The highest BCUT2D eigenvalue weighted by atomic mass is 32.1. The molecule has 0 amide bonds. The summed E-state index contributed by atoms with van der Waals surface area (Å²) < 4.78 is 1.30. The van der Waals surface area contributed by atoms with E-state index < -0.39 is 0 Å². The maximum absolute atomic E-state index is 12.9. The maximum atomic E-state index is 12.9. The van der Waals surface area contributed by atoms with Crippen molar-refractivity contribution in [2.45, 2.75) is 6.54 Å². The number of carbonyl (C=O) groups excluding carboxylic acids is 1. The zero-order valence-corrected chi connectivity index (χ0v) is 15.6. The van der Waals surface area contributed by atoms with Gasteiger partial charge in [-0.2, -0.15) is 14.9 Å². The molecular weight excluding hydrogens is 370 g/mol. The molecule has 2 aromatic carbocycles. The zero-order valence-electron chi connectivity index (χ0n) is 14.7. The maximum Gasteiger partial charge on any atom is 0.281 e. The zero-order chi connectivity index (χ0) is 19.3. The molecule has 0 fully saturated rings. The molecule has 0 spiro atoms. The van der Waals surface area contributed by atoms with E-state index in [0.29, 0.717) is 29.4 Å². The predicted molar refractivity (Wildman–Crippen MR) is 108 cm³/mol. The second-order valence-electron chi connectivity index (χ2n) is 5.98. The minimum Gasteiger partial charge on any atom is -0.350 e. The molecule has 7 heteroatoms. The number of nitrogens with one attached hydrogen (secondary N) is 1. The third-order valence-corrected chi connectivity index (χ3v) is 4.96. The minimum absolute atomic E-state index is 0.252. The van der Waals surface area contributed by atoms with Crippen LogP contribution in [0.15, 0.2) is 72.1 Å². The second kappa shape index (κ2) is 7.86. The molecule has 0 saturated heterocycles. The summed E-state index contributed by atoms with van der Waals surface area (Å²) in [6, 6.07) is 22.2. The van der Waals surface area contributed by atoms with Gasteiger partial charge in [-0.05, 0) is 41.3 Å².